The minimum Gasteiger partial charge on any atom is -0.493 e. The fourth-order valence-corrected chi connectivity index (χ4v) is 2.39. The Hall–Kier alpha value is -3.48. The highest BCUT2D eigenvalue weighted by molar-refractivity contribution is 5.96. The van der Waals surface area contributed by atoms with E-state index < -0.39 is 18.0 Å². The Morgan fingerprint density at radius 1 is 0.964 bits per heavy atom. The average Bonchev–Trinajstić information content (AvgIpc) is 2.71. The molecule has 0 aliphatic rings. The van der Waals surface area contributed by atoms with E-state index in [9.17, 15) is 9.59 Å². The van der Waals surface area contributed by atoms with E-state index in [1.54, 1.807) is 36.4 Å². The molecule has 1 atom stereocenters. The van der Waals surface area contributed by atoms with Crippen LogP contribution in [0.1, 0.15) is 12.5 Å². The number of esters is 1. The van der Waals surface area contributed by atoms with Gasteiger partial charge in [0.2, 0.25) is 5.75 Å². The molecule has 148 valence electrons. The highest BCUT2D eigenvalue weighted by Gasteiger charge is 2.17. The SMILES string of the molecule is COc1cc(/C=C/C(=O)O[C@@H](C)C(=O)Nc2ccccc2)cc(OC)c1OC. The van der Waals surface area contributed by atoms with Crippen LogP contribution in [0.5, 0.6) is 17.2 Å². The summed E-state index contributed by atoms with van der Waals surface area (Å²) in [5, 5.41) is 2.68. The molecule has 0 saturated heterocycles. The number of hydrogen-bond acceptors (Lipinski definition) is 6. The van der Waals surface area contributed by atoms with Crippen molar-refractivity contribution in [1.82, 2.24) is 0 Å². The normalized spacial score (nSPS) is 11.6. The van der Waals surface area contributed by atoms with Gasteiger partial charge in [0, 0.05) is 11.8 Å². The molecule has 7 heteroatoms. The molecule has 0 radical (unpaired) electrons. The van der Waals surface area contributed by atoms with Crippen LogP contribution in [0.25, 0.3) is 6.08 Å². The minimum atomic E-state index is -0.947. The average molecular weight is 385 g/mol. The summed E-state index contributed by atoms with van der Waals surface area (Å²) in [7, 11) is 4.52. The van der Waals surface area contributed by atoms with Gasteiger partial charge in [0.15, 0.2) is 17.6 Å². The second-order valence-electron chi connectivity index (χ2n) is 5.73. The number of benzene rings is 2. The molecule has 0 spiro atoms. The third-order valence-electron chi connectivity index (χ3n) is 3.80. The van der Waals surface area contributed by atoms with Crippen LogP contribution in [0.15, 0.2) is 48.5 Å². The van der Waals surface area contributed by atoms with Crippen LogP contribution < -0.4 is 19.5 Å². The van der Waals surface area contributed by atoms with Crippen LogP contribution in [0.3, 0.4) is 0 Å². The first kappa shape index (κ1) is 20.8. The summed E-state index contributed by atoms with van der Waals surface area (Å²) in [4.78, 5) is 24.1. The van der Waals surface area contributed by atoms with E-state index in [1.807, 2.05) is 6.07 Å². The zero-order valence-corrected chi connectivity index (χ0v) is 16.2. The van der Waals surface area contributed by atoms with E-state index in [-0.39, 0.29) is 0 Å². The molecule has 0 heterocycles. The van der Waals surface area contributed by atoms with Crippen molar-refractivity contribution in [2.24, 2.45) is 0 Å². The Kier molecular flexibility index (Phi) is 7.45. The van der Waals surface area contributed by atoms with Crippen LogP contribution in [-0.2, 0) is 14.3 Å². The molecule has 0 aromatic heterocycles. The molecule has 0 saturated carbocycles. The molecular formula is C21H23NO6. The van der Waals surface area contributed by atoms with Gasteiger partial charge in [-0.2, -0.15) is 0 Å². The van der Waals surface area contributed by atoms with Gasteiger partial charge in [-0.1, -0.05) is 18.2 Å². The maximum atomic E-state index is 12.1. The van der Waals surface area contributed by atoms with Crippen molar-refractivity contribution in [3.8, 4) is 17.2 Å². The summed E-state index contributed by atoms with van der Waals surface area (Å²) in [5.74, 6) is 0.317. The smallest absolute Gasteiger partial charge is 0.331 e. The van der Waals surface area contributed by atoms with Gasteiger partial charge in [-0.3, -0.25) is 4.79 Å². The maximum absolute atomic E-state index is 12.1. The van der Waals surface area contributed by atoms with E-state index in [0.717, 1.165) is 0 Å². The number of carbonyl (C=O) groups is 2. The number of para-hydroxylation sites is 1. The molecule has 2 aromatic rings. The van der Waals surface area contributed by atoms with Gasteiger partial charge in [-0.15, -0.1) is 0 Å². The summed E-state index contributed by atoms with van der Waals surface area (Å²) < 4.78 is 20.9. The van der Waals surface area contributed by atoms with Crippen molar-refractivity contribution < 1.29 is 28.5 Å². The number of amides is 1. The first-order valence-electron chi connectivity index (χ1n) is 8.53. The molecular weight excluding hydrogens is 362 g/mol. The zero-order valence-electron chi connectivity index (χ0n) is 16.2. The van der Waals surface area contributed by atoms with E-state index in [0.29, 0.717) is 28.5 Å². The largest absolute Gasteiger partial charge is 0.493 e. The van der Waals surface area contributed by atoms with Gasteiger partial charge in [-0.25, -0.2) is 4.79 Å². The second-order valence-corrected chi connectivity index (χ2v) is 5.73. The number of methoxy groups -OCH3 is 3. The van der Waals surface area contributed by atoms with Gasteiger partial charge in [-0.05, 0) is 42.8 Å². The Morgan fingerprint density at radius 2 is 1.57 bits per heavy atom. The van der Waals surface area contributed by atoms with E-state index in [2.05, 4.69) is 5.32 Å². The predicted octanol–water partition coefficient (Wildman–Crippen LogP) is 3.30. The van der Waals surface area contributed by atoms with Gasteiger partial charge < -0.3 is 24.3 Å². The lowest BCUT2D eigenvalue weighted by Gasteiger charge is -2.13. The van der Waals surface area contributed by atoms with Crippen LogP contribution in [0.2, 0.25) is 0 Å². The molecule has 0 aliphatic heterocycles. The van der Waals surface area contributed by atoms with Gasteiger partial charge in [0.25, 0.3) is 5.91 Å². The summed E-state index contributed by atoms with van der Waals surface area (Å²) in [6.45, 7) is 1.50. The molecule has 7 nitrogen and oxygen atoms in total. The molecule has 0 unspecified atom stereocenters. The first-order chi connectivity index (χ1) is 13.5. The lowest BCUT2D eigenvalue weighted by Crippen LogP contribution is -2.29. The Morgan fingerprint density at radius 3 is 2.11 bits per heavy atom. The number of nitrogens with one attached hydrogen (secondary N) is 1. The highest BCUT2D eigenvalue weighted by Crippen LogP contribution is 2.38. The minimum absolute atomic E-state index is 0.416. The number of carbonyl (C=O) groups excluding carboxylic acids is 2. The first-order valence-corrected chi connectivity index (χ1v) is 8.53. The van der Waals surface area contributed by atoms with E-state index in [4.69, 9.17) is 18.9 Å². The summed E-state index contributed by atoms with van der Waals surface area (Å²) in [6.07, 6.45) is 1.82. The van der Waals surface area contributed by atoms with Crippen molar-refractivity contribution in [3.05, 3.63) is 54.1 Å². The fraction of sp³-hybridized carbons (Fsp3) is 0.238. The predicted molar refractivity (Wildman–Crippen MR) is 106 cm³/mol. The summed E-state index contributed by atoms with van der Waals surface area (Å²) in [5.41, 5.74) is 1.27. The van der Waals surface area contributed by atoms with Crippen LogP contribution in [0, 0.1) is 0 Å². The molecule has 28 heavy (non-hydrogen) atoms. The zero-order chi connectivity index (χ0) is 20.5. The Labute approximate surface area is 163 Å². The Bertz CT molecular complexity index is 822. The molecule has 0 bridgehead atoms. The number of hydrogen-bond donors (Lipinski definition) is 1. The lowest BCUT2D eigenvalue weighted by molar-refractivity contribution is -0.148. The monoisotopic (exact) mass is 385 g/mol. The lowest BCUT2D eigenvalue weighted by atomic mass is 10.1. The topological polar surface area (TPSA) is 83.1 Å². The van der Waals surface area contributed by atoms with E-state index in [1.165, 1.54) is 40.4 Å². The van der Waals surface area contributed by atoms with Crippen molar-refractivity contribution in [2.45, 2.75) is 13.0 Å². The second kappa shape index (κ2) is 10.0. The molecule has 1 N–H and O–H groups in total. The summed E-state index contributed by atoms with van der Waals surface area (Å²) in [6, 6.07) is 12.3. The van der Waals surface area contributed by atoms with Crippen LogP contribution >= 0.6 is 0 Å². The number of anilines is 1. The maximum Gasteiger partial charge on any atom is 0.331 e. The molecule has 2 rings (SSSR count). The standard InChI is InChI=1S/C21H23NO6/c1-14(21(24)22-16-8-6-5-7-9-16)28-19(23)11-10-15-12-17(25-2)20(27-4)18(13-15)26-3/h5-14H,1-4H3,(H,22,24)/b11-10+/t14-/m0/s1. The molecule has 0 aliphatic carbocycles. The third kappa shape index (κ3) is 5.51. The van der Waals surface area contributed by atoms with Crippen molar-refractivity contribution in [2.75, 3.05) is 26.6 Å². The van der Waals surface area contributed by atoms with Crippen molar-refractivity contribution >= 4 is 23.6 Å². The number of ether oxygens (including phenoxy) is 4. The summed E-state index contributed by atoms with van der Waals surface area (Å²) >= 11 is 0. The van der Waals surface area contributed by atoms with Gasteiger partial charge >= 0.3 is 5.97 Å². The molecule has 1 amide bonds. The van der Waals surface area contributed by atoms with Crippen LogP contribution in [-0.4, -0.2) is 39.3 Å². The van der Waals surface area contributed by atoms with E-state index >= 15 is 0 Å². The number of rotatable bonds is 8. The molecule has 2 aromatic carbocycles. The highest BCUT2D eigenvalue weighted by atomic mass is 16.5. The van der Waals surface area contributed by atoms with Gasteiger partial charge in [0.1, 0.15) is 0 Å². The van der Waals surface area contributed by atoms with Crippen molar-refractivity contribution in [3.63, 3.8) is 0 Å². The van der Waals surface area contributed by atoms with Crippen LogP contribution in [0.4, 0.5) is 5.69 Å². The van der Waals surface area contributed by atoms with Crippen molar-refractivity contribution in [1.29, 1.82) is 0 Å². The van der Waals surface area contributed by atoms with Gasteiger partial charge in [0.05, 0.1) is 21.3 Å². The third-order valence-corrected chi connectivity index (χ3v) is 3.80. The Balaban J connectivity index is 2.02. The molecule has 0 fully saturated rings. The quantitative estimate of drug-likeness (QED) is 0.555. The fourth-order valence-electron chi connectivity index (χ4n) is 2.39.